The Kier molecular flexibility index (Phi) is 4.25. The van der Waals surface area contributed by atoms with Crippen molar-refractivity contribution in [2.75, 3.05) is 40.0 Å². The normalized spacial score (nSPS) is 40.0. The first-order chi connectivity index (χ1) is 6.63. The molecule has 0 amide bonds. The summed E-state index contributed by atoms with van der Waals surface area (Å²) in [6, 6.07) is 0. The van der Waals surface area contributed by atoms with Gasteiger partial charge in [0.25, 0.3) is 0 Å². The van der Waals surface area contributed by atoms with Crippen LogP contribution < -0.4 is 0 Å². The third kappa shape index (κ3) is 3.26. The quantitative estimate of drug-likeness (QED) is 0.397. The molecular formula is C6H12CoN5O3-. The zero-order chi connectivity index (χ0) is 10.1. The summed E-state index contributed by atoms with van der Waals surface area (Å²) in [5.74, 6) is 0. The molecule has 9 heteroatoms. The van der Waals surface area contributed by atoms with E-state index in [1.807, 2.05) is 0 Å². The fraction of sp³-hybridized carbons (Fsp3) is 1.00. The van der Waals surface area contributed by atoms with Gasteiger partial charge in [-0.25, -0.2) is 0 Å². The van der Waals surface area contributed by atoms with Gasteiger partial charge in [0.05, 0.1) is 45.1 Å². The van der Waals surface area contributed by atoms with Gasteiger partial charge in [0, 0.05) is 16.8 Å². The number of hydrogen-bond donors (Lipinski definition) is 0. The van der Waals surface area contributed by atoms with Gasteiger partial charge in [0.15, 0.2) is 0 Å². The van der Waals surface area contributed by atoms with Crippen LogP contribution in [0.25, 0.3) is 0 Å². The van der Waals surface area contributed by atoms with Gasteiger partial charge in [-0.05, 0) is 0 Å². The van der Waals surface area contributed by atoms with Crippen molar-refractivity contribution >= 4 is 0 Å². The molecule has 4 rings (SSSR count). The van der Waals surface area contributed by atoms with E-state index < -0.39 is 5.09 Å². The second-order valence-corrected chi connectivity index (χ2v) is 3.76. The molecule has 4 saturated heterocycles. The number of rotatable bonds is 0. The monoisotopic (exact) mass is 261 g/mol. The molecule has 4 heterocycles. The molecule has 8 nitrogen and oxygen atoms in total. The van der Waals surface area contributed by atoms with E-state index in [1.54, 1.807) is 0 Å². The second kappa shape index (κ2) is 5.05. The van der Waals surface area contributed by atoms with Gasteiger partial charge in [-0.2, -0.15) is 0 Å². The Bertz CT molecular complexity index is 180. The molecule has 0 saturated carbocycles. The Labute approximate surface area is 97.3 Å². The molecule has 0 spiro atoms. The third-order valence-corrected chi connectivity index (χ3v) is 2.40. The van der Waals surface area contributed by atoms with Crippen molar-refractivity contribution in [2.24, 2.45) is 0 Å². The zero-order valence-electron chi connectivity index (χ0n) is 8.04. The van der Waals surface area contributed by atoms with E-state index in [4.69, 9.17) is 15.3 Å². The summed E-state index contributed by atoms with van der Waals surface area (Å²) in [6.45, 7) is 7.12. The third-order valence-electron chi connectivity index (χ3n) is 2.40. The maximum absolute atomic E-state index is 8.25. The Morgan fingerprint density at radius 2 is 0.867 bits per heavy atom. The standard InChI is InChI=1S/C6H12N4.Co.NO3/c1-7-2-9-4-8(1)5-10(3-7)6-9;;2-1(3)4/h1-6H2;;/q;;-1. The van der Waals surface area contributed by atoms with Gasteiger partial charge in [0.2, 0.25) is 0 Å². The van der Waals surface area contributed by atoms with Crippen molar-refractivity contribution in [3.63, 3.8) is 0 Å². The maximum Gasteiger partial charge on any atom is 0.0689 e. The van der Waals surface area contributed by atoms with Gasteiger partial charge in [-0.3, -0.25) is 19.6 Å². The molecule has 89 valence electrons. The minimum absolute atomic E-state index is 0. The molecule has 0 atom stereocenters. The van der Waals surface area contributed by atoms with E-state index >= 15 is 0 Å². The van der Waals surface area contributed by atoms with E-state index in [0.29, 0.717) is 0 Å². The second-order valence-electron chi connectivity index (χ2n) is 3.76. The molecule has 4 aliphatic rings. The van der Waals surface area contributed by atoms with E-state index in [1.165, 1.54) is 40.0 Å². The minimum atomic E-state index is -1.75. The van der Waals surface area contributed by atoms with Crippen LogP contribution in [0.5, 0.6) is 0 Å². The van der Waals surface area contributed by atoms with E-state index in [-0.39, 0.29) is 16.8 Å². The van der Waals surface area contributed by atoms with Crippen molar-refractivity contribution in [1.82, 2.24) is 19.6 Å². The van der Waals surface area contributed by atoms with Gasteiger partial charge in [0.1, 0.15) is 0 Å². The number of hydrogen-bond acceptors (Lipinski definition) is 7. The van der Waals surface area contributed by atoms with Crippen LogP contribution in [0.1, 0.15) is 0 Å². The van der Waals surface area contributed by atoms with Crippen molar-refractivity contribution in [3.05, 3.63) is 15.3 Å². The zero-order valence-corrected chi connectivity index (χ0v) is 9.08. The Hall–Kier alpha value is -0.454. The van der Waals surface area contributed by atoms with E-state index in [9.17, 15) is 0 Å². The summed E-state index contributed by atoms with van der Waals surface area (Å²) in [6.07, 6.45) is 0. The Balaban J connectivity index is 0.000000200. The molecule has 0 aromatic carbocycles. The van der Waals surface area contributed by atoms with Crippen LogP contribution >= 0.6 is 0 Å². The van der Waals surface area contributed by atoms with Gasteiger partial charge < -0.3 is 15.3 Å². The van der Waals surface area contributed by atoms with Crippen LogP contribution in [0.15, 0.2) is 0 Å². The Morgan fingerprint density at radius 3 is 1.00 bits per heavy atom. The van der Waals surface area contributed by atoms with Crippen molar-refractivity contribution < 1.29 is 21.9 Å². The molecule has 4 fully saturated rings. The van der Waals surface area contributed by atoms with Gasteiger partial charge >= 0.3 is 0 Å². The Morgan fingerprint density at radius 1 is 0.733 bits per heavy atom. The van der Waals surface area contributed by atoms with Crippen molar-refractivity contribution in [1.29, 1.82) is 0 Å². The smallest absolute Gasteiger partial charge is 0.0689 e. The van der Waals surface area contributed by atoms with Gasteiger partial charge in [-0.15, -0.1) is 0 Å². The number of nitrogens with zero attached hydrogens (tertiary/aromatic N) is 5. The molecule has 0 aromatic rings. The van der Waals surface area contributed by atoms with Crippen LogP contribution in [0.2, 0.25) is 0 Å². The molecular weight excluding hydrogens is 249 g/mol. The predicted molar refractivity (Wildman–Crippen MR) is 46.9 cm³/mol. The van der Waals surface area contributed by atoms with Crippen LogP contribution in [-0.4, -0.2) is 64.7 Å². The SMILES string of the molecule is C1N2CN3CN1CN(C2)C3.O=[N+]([O-])[O-].[Co]. The summed E-state index contributed by atoms with van der Waals surface area (Å²) < 4.78 is 0. The molecule has 1 radical (unpaired) electrons. The van der Waals surface area contributed by atoms with Crippen molar-refractivity contribution in [2.45, 2.75) is 0 Å². The first kappa shape index (κ1) is 12.6. The van der Waals surface area contributed by atoms with Crippen LogP contribution in [-0.2, 0) is 16.8 Å². The summed E-state index contributed by atoms with van der Waals surface area (Å²) in [5, 5.41) is 14.8. The molecule has 0 N–H and O–H groups in total. The first-order valence-corrected chi connectivity index (χ1v) is 4.34. The molecule has 15 heavy (non-hydrogen) atoms. The van der Waals surface area contributed by atoms with Crippen LogP contribution in [0.4, 0.5) is 0 Å². The summed E-state index contributed by atoms with van der Waals surface area (Å²) >= 11 is 0. The molecule has 0 aromatic heterocycles. The van der Waals surface area contributed by atoms with Crippen LogP contribution in [0.3, 0.4) is 0 Å². The minimum Gasteiger partial charge on any atom is -0.356 e. The first-order valence-electron chi connectivity index (χ1n) is 4.34. The van der Waals surface area contributed by atoms with Crippen LogP contribution in [0, 0.1) is 15.3 Å². The molecule has 4 bridgehead atoms. The fourth-order valence-corrected chi connectivity index (χ4v) is 2.23. The average molecular weight is 261 g/mol. The molecule has 0 unspecified atom stereocenters. The summed E-state index contributed by atoms with van der Waals surface area (Å²) in [4.78, 5) is 18.1. The summed E-state index contributed by atoms with van der Waals surface area (Å²) in [5.41, 5.74) is 0. The largest absolute Gasteiger partial charge is 0.356 e. The van der Waals surface area contributed by atoms with Crippen molar-refractivity contribution in [3.8, 4) is 0 Å². The van der Waals surface area contributed by atoms with E-state index in [2.05, 4.69) is 19.6 Å². The fourth-order valence-electron chi connectivity index (χ4n) is 2.23. The topological polar surface area (TPSA) is 79.2 Å². The summed E-state index contributed by atoms with van der Waals surface area (Å²) in [7, 11) is 0. The predicted octanol–water partition coefficient (Wildman–Crippen LogP) is -1.26. The van der Waals surface area contributed by atoms with E-state index in [0.717, 1.165) is 0 Å². The maximum atomic E-state index is 8.25. The molecule has 0 aliphatic carbocycles. The molecule has 4 aliphatic heterocycles. The average Bonchev–Trinajstić information content (AvgIpc) is 1.98. The van der Waals surface area contributed by atoms with Gasteiger partial charge in [-0.1, -0.05) is 0 Å².